The normalized spacial score (nSPS) is 18.1. The van der Waals surface area contributed by atoms with Crippen molar-refractivity contribution >= 4 is 21.6 Å². The lowest BCUT2D eigenvalue weighted by atomic mass is 10.1. The van der Waals surface area contributed by atoms with Crippen LogP contribution in [0.2, 0.25) is 0 Å². The van der Waals surface area contributed by atoms with Crippen molar-refractivity contribution in [2.24, 2.45) is 0 Å². The highest BCUT2D eigenvalue weighted by molar-refractivity contribution is 7.89. The van der Waals surface area contributed by atoms with Crippen LogP contribution in [0.5, 0.6) is 5.75 Å². The summed E-state index contributed by atoms with van der Waals surface area (Å²) < 4.78 is 32.8. The Balaban J connectivity index is 1.44. The maximum atomic E-state index is 13.1. The average molecular weight is 444 g/mol. The standard InChI is InChI=1S/C23H29N3O4S/c1-30-21-9-6-8-20(18-21)24-13-15-25(16-14-24)23(27)19-7-5-10-22(17-19)31(28,29)26-11-3-2-4-12-26/h5-10,17-18H,2-4,11-16H2,1H3. The fraction of sp³-hybridized carbons (Fsp3) is 0.435. The zero-order chi connectivity index (χ0) is 21.8. The molecule has 7 nitrogen and oxygen atoms in total. The quantitative estimate of drug-likeness (QED) is 0.711. The van der Waals surface area contributed by atoms with Gasteiger partial charge in [-0.15, -0.1) is 0 Å². The third kappa shape index (κ3) is 4.70. The van der Waals surface area contributed by atoms with Gasteiger partial charge in [-0.05, 0) is 43.2 Å². The Labute approximate surface area is 184 Å². The number of benzene rings is 2. The monoisotopic (exact) mass is 443 g/mol. The van der Waals surface area contributed by atoms with E-state index in [0.29, 0.717) is 44.8 Å². The molecule has 2 saturated heterocycles. The molecule has 1 amide bonds. The first-order chi connectivity index (χ1) is 15.0. The number of amides is 1. The van der Waals surface area contributed by atoms with Gasteiger partial charge in [0.15, 0.2) is 0 Å². The van der Waals surface area contributed by atoms with E-state index in [2.05, 4.69) is 4.90 Å². The van der Waals surface area contributed by atoms with Crippen LogP contribution in [-0.4, -0.2) is 69.9 Å². The maximum absolute atomic E-state index is 13.1. The SMILES string of the molecule is COc1cccc(N2CCN(C(=O)c3cccc(S(=O)(=O)N4CCCCC4)c3)CC2)c1. The van der Waals surface area contributed by atoms with Gasteiger partial charge in [0.05, 0.1) is 12.0 Å². The van der Waals surface area contributed by atoms with Gasteiger partial charge in [0.25, 0.3) is 5.91 Å². The second kappa shape index (κ2) is 9.28. The Morgan fingerprint density at radius 1 is 0.871 bits per heavy atom. The largest absolute Gasteiger partial charge is 0.497 e. The number of sulfonamides is 1. The second-order valence-electron chi connectivity index (χ2n) is 7.97. The molecule has 0 N–H and O–H groups in total. The van der Waals surface area contributed by atoms with E-state index in [0.717, 1.165) is 30.7 Å². The third-order valence-corrected chi connectivity index (χ3v) is 7.91. The van der Waals surface area contributed by atoms with E-state index < -0.39 is 10.0 Å². The molecule has 8 heteroatoms. The third-order valence-electron chi connectivity index (χ3n) is 6.02. The molecule has 31 heavy (non-hydrogen) atoms. The molecule has 0 aliphatic carbocycles. The van der Waals surface area contributed by atoms with Crippen molar-refractivity contribution in [1.82, 2.24) is 9.21 Å². The highest BCUT2D eigenvalue weighted by Crippen LogP contribution is 2.24. The smallest absolute Gasteiger partial charge is 0.254 e. The number of piperidine rings is 1. The van der Waals surface area contributed by atoms with Crippen LogP contribution in [0.15, 0.2) is 53.4 Å². The van der Waals surface area contributed by atoms with Crippen LogP contribution in [0.3, 0.4) is 0 Å². The summed E-state index contributed by atoms with van der Waals surface area (Å²) in [6.45, 7) is 3.69. The molecule has 2 aliphatic heterocycles. The van der Waals surface area contributed by atoms with Gasteiger partial charge in [-0.3, -0.25) is 4.79 Å². The summed E-state index contributed by atoms with van der Waals surface area (Å²) in [7, 11) is -1.91. The van der Waals surface area contributed by atoms with Crippen molar-refractivity contribution in [1.29, 1.82) is 0 Å². The van der Waals surface area contributed by atoms with Gasteiger partial charge in [-0.25, -0.2) is 8.42 Å². The molecule has 2 aromatic rings. The molecular formula is C23H29N3O4S. The van der Waals surface area contributed by atoms with Gasteiger partial charge >= 0.3 is 0 Å². The number of nitrogens with zero attached hydrogens (tertiary/aromatic N) is 3. The van der Waals surface area contributed by atoms with Crippen LogP contribution >= 0.6 is 0 Å². The highest BCUT2D eigenvalue weighted by atomic mass is 32.2. The Morgan fingerprint density at radius 3 is 2.29 bits per heavy atom. The van der Waals surface area contributed by atoms with Gasteiger partial charge in [0, 0.05) is 56.6 Å². The number of carbonyl (C=O) groups excluding carboxylic acids is 1. The van der Waals surface area contributed by atoms with E-state index in [-0.39, 0.29) is 10.8 Å². The molecule has 0 saturated carbocycles. The van der Waals surface area contributed by atoms with Crippen LogP contribution < -0.4 is 9.64 Å². The van der Waals surface area contributed by atoms with Crippen LogP contribution in [-0.2, 0) is 10.0 Å². The molecule has 0 aromatic heterocycles. The number of ether oxygens (including phenoxy) is 1. The minimum atomic E-state index is -3.56. The molecule has 2 aromatic carbocycles. The van der Waals surface area contributed by atoms with Gasteiger partial charge < -0.3 is 14.5 Å². The Hall–Kier alpha value is -2.58. The summed E-state index contributed by atoms with van der Waals surface area (Å²) in [4.78, 5) is 17.3. The van der Waals surface area contributed by atoms with Crippen molar-refractivity contribution in [2.45, 2.75) is 24.2 Å². The molecule has 2 fully saturated rings. The van der Waals surface area contributed by atoms with E-state index in [1.165, 1.54) is 10.4 Å². The fourth-order valence-electron chi connectivity index (χ4n) is 4.20. The van der Waals surface area contributed by atoms with Crippen LogP contribution in [0.25, 0.3) is 0 Å². The minimum Gasteiger partial charge on any atom is -0.497 e. The molecule has 2 heterocycles. The maximum Gasteiger partial charge on any atom is 0.254 e. The Bertz CT molecular complexity index is 1030. The zero-order valence-corrected chi connectivity index (χ0v) is 18.7. The lowest BCUT2D eigenvalue weighted by Crippen LogP contribution is -2.48. The van der Waals surface area contributed by atoms with Crippen molar-refractivity contribution in [2.75, 3.05) is 51.3 Å². The van der Waals surface area contributed by atoms with Crippen molar-refractivity contribution < 1.29 is 17.9 Å². The lowest BCUT2D eigenvalue weighted by molar-refractivity contribution is 0.0746. The van der Waals surface area contributed by atoms with Gasteiger partial charge in [0.1, 0.15) is 5.75 Å². The number of hydrogen-bond donors (Lipinski definition) is 0. The number of rotatable bonds is 5. The number of hydrogen-bond acceptors (Lipinski definition) is 5. The number of carbonyl (C=O) groups is 1. The van der Waals surface area contributed by atoms with Gasteiger partial charge in [-0.1, -0.05) is 18.6 Å². The van der Waals surface area contributed by atoms with E-state index in [1.807, 2.05) is 24.3 Å². The molecule has 0 bridgehead atoms. The topological polar surface area (TPSA) is 70.2 Å². The number of methoxy groups -OCH3 is 1. The zero-order valence-electron chi connectivity index (χ0n) is 17.9. The van der Waals surface area contributed by atoms with Gasteiger partial charge in [0.2, 0.25) is 10.0 Å². The molecule has 4 rings (SSSR count). The van der Waals surface area contributed by atoms with E-state index in [4.69, 9.17) is 4.74 Å². The first-order valence-electron chi connectivity index (χ1n) is 10.8. The van der Waals surface area contributed by atoms with E-state index >= 15 is 0 Å². The Kier molecular flexibility index (Phi) is 6.48. The molecular weight excluding hydrogens is 414 g/mol. The van der Waals surface area contributed by atoms with Gasteiger partial charge in [-0.2, -0.15) is 4.31 Å². The van der Waals surface area contributed by atoms with Crippen LogP contribution in [0.1, 0.15) is 29.6 Å². The number of piperazine rings is 1. The van der Waals surface area contributed by atoms with Crippen LogP contribution in [0, 0.1) is 0 Å². The fourth-order valence-corrected chi connectivity index (χ4v) is 5.76. The molecule has 0 radical (unpaired) electrons. The molecule has 0 atom stereocenters. The molecule has 2 aliphatic rings. The second-order valence-corrected chi connectivity index (χ2v) is 9.91. The highest BCUT2D eigenvalue weighted by Gasteiger charge is 2.28. The predicted octanol–water partition coefficient (Wildman–Crippen LogP) is 2.83. The summed E-state index contributed by atoms with van der Waals surface area (Å²) in [5, 5.41) is 0. The minimum absolute atomic E-state index is 0.124. The lowest BCUT2D eigenvalue weighted by Gasteiger charge is -2.36. The van der Waals surface area contributed by atoms with Crippen molar-refractivity contribution in [3.63, 3.8) is 0 Å². The predicted molar refractivity (Wildman–Crippen MR) is 120 cm³/mol. The van der Waals surface area contributed by atoms with Crippen LogP contribution in [0.4, 0.5) is 5.69 Å². The van der Waals surface area contributed by atoms with Crippen molar-refractivity contribution in [3.8, 4) is 5.75 Å². The summed E-state index contributed by atoms with van der Waals surface area (Å²) >= 11 is 0. The molecule has 0 unspecified atom stereocenters. The average Bonchev–Trinajstić information content (AvgIpc) is 2.84. The summed E-state index contributed by atoms with van der Waals surface area (Å²) in [6, 6.07) is 14.4. The summed E-state index contributed by atoms with van der Waals surface area (Å²) in [5.74, 6) is 0.684. The molecule has 0 spiro atoms. The first-order valence-corrected chi connectivity index (χ1v) is 12.2. The van der Waals surface area contributed by atoms with Crippen molar-refractivity contribution in [3.05, 3.63) is 54.1 Å². The summed E-state index contributed by atoms with van der Waals surface area (Å²) in [6.07, 6.45) is 2.83. The summed E-state index contributed by atoms with van der Waals surface area (Å²) in [5.41, 5.74) is 1.49. The van der Waals surface area contributed by atoms with E-state index in [9.17, 15) is 13.2 Å². The first kappa shape index (κ1) is 21.6. The Morgan fingerprint density at radius 2 is 1.58 bits per heavy atom. The number of anilines is 1. The molecule has 166 valence electrons. The van der Waals surface area contributed by atoms with E-state index in [1.54, 1.807) is 30.2 Å².